The zero-order chi connectivity index (χ0) is 77.6. The minimum absolute atomic E-state index is 0.405. The molecule has 0 amide bonds. The van der Waals surface area contributed by atoms with E-state index in [1.165, 1.54) is 137 Å². The van der Waals surface area contributed by atoms with Crippen LogP contribution >= 0.6 is 0 Å². The molecule has 0 radical (unpaired) electrons. The Labute approximate surface area is 660 Å². The Kier molecular flexibility index (Phi) is 17.3. The molecule has 22 rings (SSSR count). The van der Waals surface area contributed by atoms with E-state index in [2.05, 4.69) is 277 Å². The molecule has 0 spiro atoms. The third-order valence-electron chi connectivity index (χ3n) is 22.8. The maximum absolute atomic E-state index is 12.9. The fourth-order valence-corrected chi connectivity index (χ4v) is 18.2. The van der Waals surface area contributed by atoms with Gasteiger partial charge in [0.15, 0.2) is 0 Å². The number of halogens is 3. The standard InChI is InChI=1S/C52H32.C35H21F3O3S.C18H13BO2/c1-2-14-39-34(12-1)13-11-23-45(39)52-48-21-9-7-19-46(48)51(47-20-8-10-22-49(47)52)37-27-25-33-24-26-35(30-38(33)31-37)36-28-29-44-42-17-4-3-15-40(42)41-16-5-6-18-43(41)50(44)32-36;36-35(37,38)42(39,40)41-26-19-18-22-16-17-24(20-25(22)21-26)33-29-11-3-5-13-31(29)34(32-14-6-4-12-30(32)33)28-15-7-9-23-8-1-2-10-27(23)28;20-19(21)12-9-10-17-15-7-2-1-5-13(15)14-6-3-4-8-16(14)18(17)11-12/h1-32H;1-21H;1-11,20-21H. The summed E-state index contributed by atoms with van der Waals surface area (Å²) in [6, 6.07) is 135. The summed E-state index contributed by atoms with van der Waals surface area (Å²) < 4.78 is 66.5. The van der Waals surface area contributed by atoms with Gasteiger partial charge in [-0.25, -0.2) is 0 Å². The van der Waals surface area contributed by atoms with Crippen LogP contribution in [0.2, 0.25) is 0 Å². The molecule has 0 saturated carbocycles. The molecule has 10 heteroatoms. The van der Waals surface area contributed by atoms with Crippen LogP contribution in [-0.4, -0.2) is 31.1 Å². The zero-order valence-corrected chi connectivity index (χ0v) is 62.5. The van der Waals surface area contributed by atoms with E-state index in [0.717, 1.165) is 76.1 Å². The van der Waals surface area contributed by atoms with E-state index < -0.39 is 28.5 Å². The quantitative estimate of drug-likeness (QED) is 0.0521. The SMILES string of the molecule is O=S(=O)(Oc1ccc2ccc(-c3c4ccccc4c(-c4cccc5ccccc45)c4ccccc34)cc2c1)C(F)(F)F.OB(O)c1ccc2c3ccccc3c3ccccc3c2c1.c1ccc2c(-c3c4ccccc4c(-c4ccc5ccc(-c6ccc7c8ccccc8c8ccccc8c7c6)cc5c4)c4ccccc34)cccc2c1. The third kappa shape index (κ3) is 12.3. The molecular formula is C105H66BF3O5S. The number of hydrogen-bond acceptors (Lipinski definition) is 5. The Bertz CT molecular complexity index is 7700. The van der Waals surface area contributed by atoms with E-state index in [4.69, 9.17) is 0 Å². The van der Waals surface area contributed by atoms with E-state index in [1.54, 1.807) is 12.1 Å². The van der Waals surface area contributed by atoms with Gasteiger partial charge in [0.05, 0.1) is 0 Å². The van der Waals surface area contributed by atoms with Crippen molar-refractivity contribution >= 4 is 174 Å². The fraction of sp³-hybridized carbons (Fsp3) is 0.00952. The molecular weight excluding hydrogens is 1440 g/mol. The van der Waals surface area contributed by atoms with Crippen molar-refractivity contribution in [3.05, 3.63) is 388 Å². The second kappa shape index (κ2) is 28.3. The molecule has 0 heterocycles. The highest BCUT2D eigenvalue weighted by Crippen LogP contribution is 2.49. The summed E-state index contributed by atoms with van der Waals surface area (Å²) in [5.74, 6) is -0.405. The molecule has 546 valence electrons. The third-order valence-corrected chi connectivity index (χ3v) is 23.8. The van der Waals surface area contributed by atoms with E-state index in [1.807, 2.05) is 91.0 Å². The number of benzene rings is 22. The fourth-order valence-electron chi connectivity index (χ4n) is 17.7. The summed E-state index contributed by atoms with van der Waals surface area (Å²) in [6.45, 7) is 0. The highest BCUT2D eigenvalue weighted by Gasteiger charge is 2.48. The summed E-state index contributed by atoms with van der Waals surface area (Å²) in [5, 5.41) is 51.4. The van der Waals surface area contributed by atoms with Crippen LogP contribution in [0.25, 0.3) is 206 Å². The van der Waals surface area contributed by atoms with Gasteiger partial charge in [0, 0.05) is 0 Å². The summed E-state index contributed by atoms with van der Waals surface area (Å²) in [5.41, 5.74) is 6.61. The lowest BCUT2D eigenvalue weighted by Gasteiger charge is -2.19. The van der Waals surface area contributed by atoms with Gasteiger partial charge in [0.25, 0.3) is 0 Å². The van der Waals surface area contributed by atoms with Crippen molar-refractivity contribution in [1.29, 1.82) is 0 Å². The van der Waals surface area contributed by atoms with E-state index in [-0.39, 0.29) is 0 Å². The van der Waals surface area contributed by atoms with Crippen LogP contribution in [-0.2, 0) is 10.1 Å². The Morgan fingerprint density at radius 3 is 0.896 bits per heavy atom. The lowest BCUT2D eigenvalue weighted by molar-refractivity contribution is -0.0500. The summed E-state index contributed by atoms with van der Waals surface area (Å²) in [7, 11) is -7.23. The van der Waals surface area contributed by atoms with Crippen LogP contribution in [0.1, 0.15) is 0 Å². The van der Waals surface area contributed by atoms with Gasteiger partial charge in [0.2, 0.25) is 0 Å². The molecule has 22 aromatic rings. The van der Waals surface area contributed by atoms with Crippen molar-refractivity contribution in [3.8, 4) is 61.4 Å². The van der Waals surface area contributed by atoms with Crippen molar-refractivity contribution in [2.45, 2.75) is 5.51 Å². The largest absolute Gasteiger partial charge is 0.534 e. The smallest absolute Gasteiger partial charge is 0.423 e. The van der Waals surface area contributed by atoms with Gasteiger partial charge in [-0.3, -0.25) is 0 Å². The molecule has 0 aromatic heterocycles. The normalized spacial score (nSPS) is 11.9. The maximum Gasteiger partial charge on any atom is 0.534 e. The molecule has 2 N–H and O–H groups in total. The number of rotatable bonds is 8. The van der Waals surface area contributed by atoms with Gasteiger partial charge < -0.3 is 14.2 Å². The Morgan fingerprint density at radius 2 is 0.504 bits per heavy atom. The van der Waals surface area contributed by atoms with Crippen LogP contribution in [0.15, 0.2) is 388 Å². The number of alkyl halides is 3. The highest BCUT2D eigenvalue weighted by atomic mass is 32.2. The monoisotopic (exact) mass is 1510 g/mol. The average molecular weight is 1510 g/mol. The maximum atomic E-state index is 12.9. The van der Waals surface area contributed by atoms with Crippen LogP contribution in [0.5, 0.6) is 5.75 Å². The zero-order valence-electron chi connectivity index (χ0n) is 61.7. The first kappa shape index (κ1) is 70.1. The van der Waals surface area contributed by atoms with Gasteiger partial charge in [-0.15, -0.1) is 0 Å². The predicted octanol–water partition coefficient (Wildman–Crippen LogP) is 27.4. The molecule has 0 aliphatic rings. The second-order valence-corrected chi connectivity index (χ2v) is 30.9. The Hall–Kier alpha value is -14.0. The van der Waals surface area contributed by atoms with Gasteiger partial charge in [0.1, 0.15) is 5.75 Å². The van der Waals surface area contributed by atoms with Gasteiger partial charge >= 0.3 is 22.7 Å². The topological polar surface area (TPSA) is 83.8 Å². The van der Waals surface area contributed by atoms with Crippen molar-refractivity contribution in [3.63, 3.8) is 0 Å². The van der Waals surface area contributed by atoms with Crippen molar-refractivity contribution in [2.24, 2.45) is 0 Å². The summed E-state index contributed by atoms with van der Waals surface area (Å²) in [6.07, 6.45) is 0. The minimum Gasteiger partial charge on any atom is -0.423 e. The van der Waals surface area contributed by atoms with Crippen molar-refractivity contribution in [2.75, 3.05) is 0 Å². The molecule has 5 nitrogen and oxygen atoms in total. The van der Waals surface area contributed by atoms with Crippen LogP contribution in [0, 0.1) is 0 Å². The Balaban J connectivity index is 0.000000121. The minimum atomic E-state index is -5.79. The molecule has 22 aromatic carbocycles. The van der Waals surface area contributed by atoms with E-state index in [0.29, 0.717) is 10.8 Å². The van der Waals surface area contributed by atoms with Crippen LogP contribution in [0.3, 0.4) is 0 Å². The molecule has 115 heavy (non-hydrogen) atoms. The van der Waals surface area contributed by atoms with Crippen molar-refractivity contribution < 1.29 is 35.8 Å². The molecule has 0 fully saturated rings. The first-order valence-corrected chi connectivity index (χ1v) is 39.6. The second-order valence-electron chi connectivity index (χ2n) is 29.3. The molecule has 0 aliphatic heterocycles. The lowest BCUT2D eigenvalue weighted by Crippen LogP contribution is -2.29. The van der Waals surface area contributed by atoms with Gasteiger partial charge in [-0.1, -0.05) is 352 Å². The number of hydrogen-bond donors (Lipinski definition) is 2. The highest BCUT2D eigenvalue weighted by molar-refractivity contribution is 7.88. The predicted molar refractivity (Wildman–Crippen MR) is 477 cm³/mol. The van der Waals surface area contributed by atoms with Crippen LogP contribution < -0.4 is 9.65 Å². The van der Waals surface area contributed by atoms with Gasteiger partial charge in [-0.2, -0.15) is 21.6 Å². The lowest BCUT2D eigenvalue weighted by atomic mass is 9.78. The first-order chi connectivity index (χ1) is 56.3. The Morgan fingerprint density at radius 1 is 0.226 bits per heavy atom. The summed E-state index contributed by atoms with van der Waals surface area (Å²) in [4.78, 5) is 0. The van der Waals surface area contributed by atoms with Crippen molar-refractivity contribution in [1.82, 2.24) is 0 Å². The molecule has 0 aliphatic carbocycles. The van der Waals surface area contributed by atoms with Crippen LogP contribution in [0.4, 0.5) is 13.2 Å². The number of fused-ring (bicyclic) bond motifs is 20. The van der Waals surface area contributed by atoms with E-state index in [9.17, 15) is 31.6 Å². The van der Waals surface area contributed by atoms with Gasteiger partial charge in [-0.05, 0) is 248 Å². The molecule has 0 saturated heterocycles. The average Bonchev–Trinajstić information content (AvgIpc) is 0.717. The van der Waals surface area contributed by atoms with E-state index >= 15 is 0 Å². The molecule has 0 unspecified atom stereocenters. The summed E-state index contributed by atoms with van der Waals surface area (Å²) >= 11 is 0. The first-order valence-electron chi connectivity index (χ1n) is 38.2. The molecule has 0 atom stereocenters. The molecule has 0 bridgehead atoms.